The van der Waals surface area contributed by atoms with E-state index in [2.05, 4.69) is 24.3 Å². The second-order valence-electron chi connectivity index (χ2n) is 4.77. The lowest BCUT2D eigenvalue weighted by molar-refractivity contribution is 0.275. The lowest BCUT2D eigenvalue weighted by Crippen LogP contribution is -2.23. The molecule has 0 aromatic heterocycles. The van der Waals surface area contributed by atoms with Crippen molar-refractivity contribution in [3.63, 3.8) is 0 Å². The van der Waals surface area contributed by atoms with Crippen molar-refractivity contribution in [2.24, 2.45) is 5.73 Å². The van der Waals surface area contributed by atoms with Gasteiger partial charge in [-0.3, -0.25) is 0 Å². The summed E-state index contributed by atoms with van der Waals surface area (Å²) in [5.41, 5.74) is 9.33. The van der Waals surface area contributed by atoms with Gasteiger partial charge in [-0.1, -0.05) is 48.6 Å². The maximum atomic E-state index is 5.89. The summed E-state index contributed by atoms with van der Waals surface area (Å²) in [6.07, 6.45) is 1.09. The van der Waals surface area contributed by atoms with E-state index in [1.807, 2.05) is 24.3 Å². The van der Waals surface area contributed by atoms with E-state index in [0.29, 0.717) is 17.5 Å². The number of rotatable bonds is 4. The van der Waals surface area contributed by atoms with Gasteiger partial charge in [0.2, 0.25) is 0 Å². The maximum absolute atomic E-state index is 5.89. The van der Waals surface area contributed by atoms with E-state index in [1.165, 1.54) is 11.1 Å². The van der Waals surface area contributed by atoms with Crippen LogP contribution in [0.25, 0.3) is 0 Å². The summed E-state index contributed by atoms with van der Waals surface area (Å²) < 4.78 is 5.89. The quantitative estimate of drug-likeness (QED) is 0.867. The largest absolute Gasteiger partial charge is 0.492 e. The third-order valence-corrected chi connectivity index (χ3v) is 3.77. The summed E-state index contributed by atoms with van der Waals surface area (Å²) in [4.78, 5) is 0.379. The van der Waals surface area contributed by atoms with Crippen molar-refractivity contribution in [2.75, 3.05) is 6.61 Å². The molecule has 0 spiro atoms. The molecule has 19 heavy (non-hydrogen) atoms. The van der Waals surface area contributed by atoms with Crippen molar-refractivity contribution in [1.82, 2.24) is 0 Å². The summed E-state index contributed by atoms with van der Waals surface area (Å²) in [6, 6.07) is 16.2. The first-order chi connectivity index (χ1) is 9.25. The zero-order valence-corrected chi connectivity index (χ0v) is 11.3. The molecule has 0 saturated carbocycles. The highest BCUT2D eigenvalue weighted by molar-refractivity contribution is 7.80. The molecule has 1 atom stereocenters. The Morgan fingerprint density at radius 2 is 1.89 bits per heavy atom. The van der Waals surface area contributed by atoms with E-state index in [4.69, 9.17) is 22.7 Å². The Labute approximate surface area is 118 Å². The number of hydrogen-bond acceptors (Lipinski definition) is 2. The highest BCUT2D eigenvalue weighted by atomic mass is 32.1. The average molecular weight is 269 g/mol. The molecular weight excluding hydrogens is 254 g/mol. The van der Waals surface area contributed by atoms with Crippen molar-refractivity contribution < 1.29 is 4.74 Å². The van der Waals surface area contributed by atoms with Crippen LogP contribution in [0.5, 0.6) is 5.75 Å². The predicted molar refractivity (Wildman–Crippen MR) is 80.7 cm³/mol. The monoisotopic (exact) mass is 269 g/mol. The minimum atomic E-state index is 0.379. The minimum Gasteiger partial charge on any atom is -0.492 e. The van der Waals surface area contributed by atoms with Gasteiger partial charge in [-0.2, -0.15) is 0 Å². The van der Waals surface area contributed by atoms with Crippen LogP contribution in [0.2, 0.25) is 0 Å². The number of hydrogen-bond donors (Lipinski definition) is 1. The van der Waals surface area contributed by atoms with Gasteiger partial charge in [-0.25, -0.2) is 0 Å². The average Bonchev–Trinajstić information content (AvgIpc) is 2.40. The lowest BCUT2D eigenvalue weighted by Gasteiger charge is -2.30. The Hall–Kier alpha value is -1.87. The van der Waals surface area contributed by atoms with E-state index in [-0.39, 0.29) is 0 Å². The van der Waals surface area contributed by atoms with Crippen LogP contribution < -0.4 is 10.5 Å². The summed E-state index contributed by atoms with van der Waals surface area (Å²) in [6.45, 7) is 0.677. The molecule has 3 rings (SSSR count). The topological polar surface area (TPSA) is 35.2 Å². The Bertz CT molecular complexity index is 624. The van der Waals surface area contributed by atoms with Gasteiger partial charge in [0.05, 0.1) is 12.2 Å². The third kappa shape index (κ3) is 2.34. The first kappa shape index (κ1) is 12.2. The highest BCUT2D eigenvalue weighted by Crippen LogP contribution is 2.35. The molecule has 0 bridgehead atoms. The highest BCUT2D eigenvalue weighted by Gasteiger charge is 2.26. The van der Waals surface area contributed by atoms with Gasteiger partial charge in [0.1, 0.15) is 10.7 Å². The van der Waals surface area contributed by atoms with Crippen LogP contribution in [0.3, 0.4) is 0 Å². The Balaban J connectivity index is 1.70. The van der Waals surface area contributed by atoms with Crippen LogP contribution in [-0.4, -0.2) is 11.6 Å². The minimum absolute atomic E-state index is 0.379. The molecule has 0 radical (unpaired) electrons. The normalized spacial score (nSPS) is 16.3. The molecule has 1 aliphatic rings. The van der Waals surface area contributed by atoms with Gasteiger partial charge in [0.25, 0.3) is 0 Å². The molecule has 0 fully saturated rings. The summed E-state index contributed by atoms with van der Waals surface area (Å²) in [5, 5.41) is 0. The lowest BCUT2D eigenvalue weighted by atomic mass is 9.78. The van der Waals surface area contributed by atoms with Gasteiger partial charge in [-0.05, 0) is 29.7 Å². The zero-order valence-electron chi connectivity index (χ0n) is 10.5. The van der Waals surface area contributed by atoms with Crippen molar-refractivity contribution in [1.29, 1.82) is 0 Å². The van der Waals surface area contributed by atoms with Gasteiger partial charge in [-0.15, -0.1) is 0 Å². The van der Waals surface area contributed by atoms with Crippen LogP contribution in [0.4, 0.5) is 0 Å². The van der Waals surface area contributed by atoms with E-state index in [0.717, 1.165) is 17.7 Å². The Kier molecular flexibility index (Phi) is 3.22. The van der Waals surface area contributed by atoms with Gasteiger partial charge < -0.3 is 10.5 Å². The Morgan fingerprint density at radius 3 is 2.68 bits per heavy atom. The SMILES string of the molecule is NC(=S)c1ccccc1OCC1Cc2ccccc21. The molecule has 0 aliphatic heterocycles. The Morgan fingerprint density at radius 1 is 1.16 bits per heavy atom. The molecule has 96 valence electrons. The standard InChI is InChI=1S/C16H15NOS/c17-16(19)14-7-3-4-8-15(14)18-10-12-9-11-5-1-2-6-13(11)12/h1-8,12H,9-10H2,(H2,17,19). The molecule has 0 heterocycles. The summed E-state index contributed by atoms with van der Waals surface area (Å²) >= 11 is 5.03. The molecule has 1 unspecified atom stereocenters. The number of thiocarbonyl (C=S) groups is 1. The van der Waals surface area contributed by atoms with Crippen LogP contribution in [-0.2, 0) is 6.42 Å². The maximum Gasteiger partial charge on any atom is 0.129 e. The van der Waals surface area contributed by atoms with Crippen LogP contribution in [0.1, 0.15) is 22.6 Å². The van der Waals surface area contributed by atoms with E-state index < -0.39 is 0 Å². The van der Waals surface area contributed by atoms with Crippen molar-refractivity contribution in [2.45, 2.75) is 12.3 Å². The van der Waals surface area contributed by atoms with Crippen LogP contribution >= 0.6 is 12.2 Å². The molecule has 0 amide bonds. The van der Waals surface area contributed by atoms with Gasteiger partial charge in [0, 0.05) is 5.92 Å². The molecule has 2 N–H and O–H groups in total. The van der Waals surface area contributed by atoms with Crippen molar-refractivity contribution in [3.05, 3.63) is 65.2 Å². The summed E-state index contributed by atoms with van der Waals surface area (Å²) in [5.74, 6) is 1.26. The molecule has 2 aromatic carbocycles. The fourth-order valence-corrected chi connectivity index (χ4v) is 2.67. The molecule has 2 nitrogen and oxygen atoms in total. The number of fused-ring (bicyclic) bond motifs is 1. The molecule has 1 aliphatic carbocycles. The van der Waals surface area contributed by atoms with Crippen molar-refractivity contribution >= 4 is 17.2 Å². The second kappa shape index (κ2) is 5.02. The number of benzene rings is 2. The number of ether oxygens (including phenoxy) is 1. The second-order valence-corrected chi connectivity index (χ2v) is 5.21. The molecular formula is C16H15NOS. The van der Waals surface area contributed by atoms with Crippen LogP contribution in [0, 0.1) is 0 Å². The summed E-state index contributed by atoms with van der Waals surface area (Å²) in [7, 11) is 0. The zero-order chi connectivity index (χ0) is 13.2. The number of nitrogens with two attached hydrogens (primary N) is 1. The predicted octanol–water partition coefficient (Wildman–Crippen LogP) is 3.04. The van der Waals surface area contributed by atoms with E-state index in [9.17, 15) is 0 Å². The van der Waals surface area contributed by atoms with Crippen LogP contribution in [0.15, 0.2) is 48.5 Å². The van der Waals surface area contributed by atoms with E-state index in [1.54, 1.807) is 0 Å². The molecule has 3 heteroatoms. The smallest absolute Gasteiger partial charge is 0.129 e. The first-order valence-electron chi connectivity index (χ1n) is 6.35. The fourth-order valence-electron chi connectivity index (χ4n) is 2.50. The number of para-hydroxylation sites is 1. The van der Waals surface area contributed by atoms with E-state index >= 15 is 0 Å². The third-order valence-electron chi connectivity index (χ3n) is 3.55. The first-order valence-corrected chi connectivity index (χ1v) is 6.76. The van der Waals surface area contributed by atoms with Crippen molar-refractivity contribution in [3.8, 4) is 5.75 Å². The molecule has 2 aromatic rings. The van der Waals surface area contributed by atoms with Gasteiger partial charge in [0.15, 0.2) is 0 Å². The fraction of sp³-hybridized carbons (Fsp3) is 0.188. The molecule has 0 saturated heterocycles. The van der Waals surface area contributed by atoms with Gasteiger partial charge >= 0.3 is 0 Å².